The van der Waals surface area contributed by atoms with Crippen molar-refractivity contribution in [3.8, 4) is 0 Å². The van der Waals surface area contributed by atoms with Gasteiger partial charge in [0, 0.05) is 6.20 Å². The number of hydrogen-bond donors (Lipinski definition) is 1. The Morgan fingerprint density at radius 1 is 1.64 bits per heavy atom. The van der Waals surface area contributed by atoms with E-state index in [1.54, 1.807) is 18.0 Å². The Labute approximate surface area is 70.7 Å². The fourth-order valence-electron chi connectivity index (χ4n) is 0.921. The van der Waals surface area contributed by atoms with Crippen molar-refractivity contribution in [1.29, 1.82) is 0 Å². The molecule has 0 saturated carbocycles. The standard InChI is InChI=1S/C8H11NOS/c1-6-3-7(5-10)4-9-8(6)11-2/h3-4,10H,5H2,1-2H3. The quantitative estimate of drug-likeness (QED) is 0.683. The minimum atomic E-state index is 0.0719. The summed E-state index contributed by atoms with van der Waals surface area (Å²) in [6.45, 7) is 2.07. The van der Waals surface area contributed by atoms with Crippen molar-refractivity contribution in [3.05, 3.63) is 23.4 Å². The van der Waals surface area contributed by atoms with Crippen LogP contribution in [0.1, 0.15) is 11.1 Å². The average molecular weight is 169 g/mol. The lowest BCUT2D eigenvalue weighted by Crippen LogP contribution is -1.89. The van der Waals surface area contributed by atoms with Crippen molar-refractivity contribution in [3.63, 3.8) is 0 Å². The van der Waals surface area contributed by atoms with Gasteiger partial charge in [0.25, 0.3) is 0 Å². The molecular formula is C8H11NOS. The largest absolute Gasteiger partial charge is 0.392 e. The minimum Gasteiger partial charge on any atom is -0.392 e. The molecule has 0 bridgehead atoms. The van der Waals surface area contributed by atoms with Gasteiger partial charge in [-0.2, -0.15) is 0 Å². The highest BCUT2D eigenvalue weighted by Crippen LogP contribution is 2.16. The van der Waals surface area contributed by atoms with E-state index in [0.29, 0.717) is 0 Å². The van der Waals surface area contributed by atoms with Crippen LogP contribution in [0.25, 0.3) is 0 Å². The summed E-state index contributed by atoms with van der Waals surface area (Å²) < 4.78 is 0. The molecule has 1 aromatic heterocycles. The molecule has 0 spiro atoms. The number of hydrogen-bond acceptors (Lipinski definition) is 3. The first-order valence-corrected chi connectivity index (χ1v) is 4.60. The number of aliphatic hydroxyl groups excluding tert-OH is 1. The van der Waals surface area contributed by atoms with Gasteiger partial charge in [-0.1, -0.05) is 0 Å². The van der Waals surface area contributed by atoms with Gasteiger partial charge in [0.2, 0.25) is 0 Å². The molecule has 0 amide bonds. The van der Waals surface area contributed by atoms with Crippen LogP contribution >= 0.6 is 11.8 Å². The van der Waals surface area contributed by atoms with Gasteiger partial charge in [-0.3, -0.25) is 0 Å². The predicted octanol–water partition coefficient (Wildman–Crippen LogP) is 1.60. The molecule has 0 aromatic carbocycles. The van der Waals surface area contributed by atoms with E-state index in [1.807, 2.05) is 19.2 Å². The lowest BCUT2D eigenvalue weighted by atomic mass is 10.2. The van der Waals surface area contributed by atoms with E-state index in [4.69, 9.17) is 5.11 Å². The van der Waals surface area contributed by atoms with Gasteiger partial charge in [-0.25, -0.2) is 4.98 Å². The molecule has 0 unspecified atom stereocenters. The van der Waals surface area contributed by atoms with E-state index in [0.717, 1.165) is 16.2 Å². The van der Waals surface area contributed by atoms with Gasteiger partial charge in [-0.05, 0) is 30.4 Å². The summed E-state index contributed by atoms with van der Waals surface area (Å²) in [5, 5.41) is 9.81. The number of aryl methyl sites for hydroxylation is 1. The second-order valence-corrected chi connectivity index (χ2v) is 3.12. The van der Waals surface area contributed by atoms with Crippen molar-refractivity contribution in [2.24, 2.45) is 0 Å². The number of aromatic nitrogens is 1. The highest BCUT2D eigenvalue weighted by Gasteiger charge is 1.98. The second kappa shape index (κ2) is 3.74. The molecule has 2 nitrogen and oxygen atoms in total. The maximum Gasteiger partial charge on any atom is 0.0986 e. The highest BCUT2D eigenvalue weighted by atomic mass is 32.2. The zero-order valence-electron chi connectivity index (χ0n) is 6.66. The van der Waals surface area contributed by atoms with Gasteiger partial charge in [-0.15, -0.1) is 11.8 Å². The van der Waals surface area contributed by atoms with Gasteiger partial charge in [0.05, 0.1) is 11.6 Å². The molecule has 0 radical (unpaired) electrons. The SMILES string of the molecule is CSc1ncc(CO)cc1C. The number of pyridine rings is 1. The average Bonchev–Trinajstić information content (AvgIpc) is 2.04. The molecule has 0 aliphatic carbocycles. The van der Waals surface area contributed by atoms with Crippen LogP contribution in [-0.4, -0.2) is 16.3 Å². The van der Waals surface area contributed by atoms with Gasteiger partial charge < -0.3 is 5.11 Å². The van der Waals surface area contributed by atoms with E-state index in [1.165, 1.54) is 0 Å². The molecule has 1 rings (SSSR count). The van der Waals surface area contributed by atoms with Crippen molar-refractivity contribution in [1.82, 2.24) is 4.98 Å². The van der Waals surface area contributed by atoms with Crippen molar-refractivity contribution in [2.45, 2.75) is 18.6 Å². The number of nitrogens with zero attached hydrogens (tertiary/aromatic N) is 1. The first kappa shape index (κ1) is 8.56. The lowest BCUT2D eigenvalue weighted by Gasteiger charge is -2.01. The summed E-state index contributed by atoms with van der Waals surface area (Å²) in [5.41, 5.74) is 2.00. The fourth-order valence-corrected chi connectivity index (χ4v) is 1.46. The van der Waals surface area contributed by atoms with Crippen LogP contribution in [0, 0.1) is 6.92 Å². The summed E-state index contributed by atoms with van der Waals surface area (Å²) in [6.07, 6.45) is 3.70. The molecule has 1 aromatic rings. The summed E-state index contributed by atoms with van der Waals surface area (Å²) in [4.78, 5) is 4.17. The second-order valence-electron chi connectivity index (χ2n) is 2.33. The number of rotatable bonds is 2. The Morgan fingerprint density at radius 2 is 2.36 bits per heavy atom. The van der Waals surface area contributed by atoms with E-state index >= 15 is 0 Å². The highest BCUT2D eigenvalue weighted by molar-refractivity contribution is 7.98. The molecule has 0 aliphatic rings. The Balaban J connectivity index is 2.99. The van der Waals surface area contributed by atoms with Gasteiger partial charge >= 0.3 is 0 Å². The lowest BCUT2D eigenvalue weighted by molar-refractivity contribution is 0.281. The van der Waals surface area contributed by atoms with Crippen LogP contribution in [0.2, 0.25) is 0 Å². The molecule has 0 aliphatic heterocycles. The molecular weight excluding hydrogens is 158 g/mol. The third kappa shape index (κ3) is 1.94. The Bertz CT molecular complexity index is 250. The molecule has 0 atom stereocenters. The van der Waals surface area contributed by atoms with Crippen molar-refractivity contribution < 1.29 is 5.11 Å². The van der Waals surface area contributed by atoms with Crippen molar-refractivity contribution in [2.75, 3.05) is 6.26 Å². The van der Waals surface area contributed by atoms with E-state index in [2.05, 4.69) is 4.98 Å². The summed E-state index contributed by atoms with van der Waals surface area (Å²) >= 11 is 1.62. The zero-order valence-corrected chi connectivity index (χ0v) is 7.48. The molecule has 3 heteroatoms. The minimum absolute atomic E-state index is 0.0719. The van der Waals surface area contributed by atoms with Crippen molar-refractivity contribution >= 4 is 11.8 Å². The number of aliphatic hydroxyl groups is 1. The molecule has 1 heterocycles. The first-order chi connectivity index (χ1) is 5.27. The monoisotopic (exact) mass is 169 g/mol. The van der Waals surface area contributed by atoms with Crippen LogP contribution in [0.15, 0.2) is 17.3 Å². The van der Waals surface area contributed by atoms with E-state index in [-0.39, 0.29) is 6.61 Å². The van der Waals surface area contributed by atoms with Gasteiger partial charge in [0.1, 0.15) is 0 Å². The smallest absolute Gasteiger partial charge is 0.0986 e. The third-order valence-corrected chi connectivity index (χ3v) is 2.28. The normalized spacial score (nSPS) is 10.1. The first-order valence-electron chi connectivity index (χ1n) is 3.38. The van der Waals surface area contributed by atoms with Gasteiger partial charge in [0.15, 0.2) is 0 Å². The molecule has 1 N–H and O–H groups in total. The Hall–Kier alpha value is -0.540. The van der Waals surface area contributed by atoms with Crippen LogP contribution < -0.4 is 0 Å². The molecule has 0 saturated heterocycles. The summed E-state index contributed by atoms with van der Waals surface area (Å²) in [7, 11) is 0. The van der Waals surface area contributed by atoms with E-state index < -0.39 is 0 Å². The topological polar surface area (TPSA) is 33.1 Å². The summed E-state index contributed by atoms with van der Waals surface area (Å²) in [6, 6.07) is 1.96. The van der Waals surface area contributed by atoms with Crippen LogP contribution in [0.5, 0.6) is 0 Å². The molecule has 60 valence electrons. The maximum atomic E-state index is 8.78. The Morgan fingerprint density at radius 3 is 2.82 bits per heavy atom. The zero-order chi connectivity index (χ0) is 8.27. The summed E-state index contributed by atoms with van der Waals surface area (Å²) in [5.74, 6) is 0. The number of thioether (sulfide) groups is 1. The maximum absolute atomic E-state index is 8.78. The molecule has 0 fully saturated rings. The fraction of sp³-hybridized carbons (Fsp3) is 0.375. The predicted molar refractivity (Wildman–Crippen MR) is 46.7 cm³/mol. The molecule has 11 heavy (non-hydrogen) atoms. The Kier molecular flexibility index (Phi) is 2.91. The van der Waals surface area contributed by atoms with Crippen LogP contribution in [-0.2, 0) is 6.61 Å². The third-order valence-electron chi connectivity index (χ3n) is 1.46. The van der Waals surface area contributed by atoms with Crippen LogP contribution in [0.4, 0.5) is 0 Å². The van der Waals surface area contributed by atoms with E-state index in [9.17, 15) is 0 Å². The van der Waals surface area contributed by atoms with Crippen LogP contribution in [0.3, 0.4) is 0 Å².